The highest BCUT2D eigenvalue weighted by atomic mass is 16.6. The molecule has 0 saturated heterocycles. The maximum Gasteiger partial charge on any atom is 0.282 e. The maximum atomic E-state index is 12.3. The van der Waals surface area contributed by atoms with Gasteiger partial charge in [-0.25, -0.2) is 0 Å². The maximum absolute atomic E-state index is 12.3. The number of nitrogens with zero attached hydrogens (tertiary/aromatic N) is 2. The molecule has 1 aromatic heterocycles. The Morgan fingerprint density at radius 2 is 1.92 bits per heavy atom. The molecule has 1 amide bonds. The third kappa shape index (κ3) is 3.81. The minimum atomic E-state index is -0.586. The molecule has 0 aliphatic heterocycles. The van der Waals surface area contributed by atoms with Crippen LogP contribution in [-0.2, 0) is 0 Å². The second-order valence-corrected chi connectivity index (χ2v) is 5.24. The molecule has 0 aliphatic rings. The van der Waals surface area contributed by atoms with E-state index in [0.29, 0.717) is 17.3 Å². The molecule has 3 aromatic rings. The summed E-state index contributed by atoms with van der Waals surface area (Å²) in [5.41, 5.74) is 1.13. The van der Waals surface area contributed by atoms with Crippen molar-refractivity contribution in [3.05, 3.63) is 76.0 Å². The quantitative estimate of drug-likeness (QED) is 0.545. The van der Waals surface area contributed by atoms with Crippen molar-refractivity contribution < 1.29 is 14.5 Å². The number of hydrogen-bond acceptors (Lipinski definition) is 5. The second kappa shape index (κ2) is 6.83. The van der Waals surface area contributed by atoms with E-state index in [1.54, 1.807) is 36.4 Å². The Labute approximate surface area is 142 Å². The molecule has 0 spiro atoms. The zero-order valence-corrected chi connectivity index (χ0v) is 13.2. The fraction of sp³-hybridized carbons (Fsp3) is 0.0588. The first-order chi connectivity index (χ1) is 12.0. The number of ether oxygens (including phenoxy) is 1. The van der Waals surface area contributed by atoms with Gasteiger partial charge in [-0.2, -0.15) is 0 Å². The van der Waals surface area contributed by atoms with Gasteiger partial charge in [0.2, 0.25) is 5.88 Å². The van der Waals surface area contributed by atoms with Gasteiger partial charge in [0.1, 0.15) is 11.3 Å². The zero-order valence-electron chi connectivity index (χ0n) is 13.2. The highest BCUT2D eigenvalue weighted by molar-refractivity contribution is 6.07. The number of aromatic amines is 1. The van der Waals surface area contributed by atoms with Crippen LogP contribution < -0.4 is 10.1 Å². The molecule has 0 saturated carbocycles. The largest absolute Gasteiger partial charge is 0.438 e. The van der Waals surface area contributed by atoms with Crippen molar-refractivity contribution in [3.8, 4) is 11.6 Å². The number of amides is 1. The molecule has 0 aliphatic carbocycles. The molecule has 0 fully saturated rings. The topological polar surface area (TPSA) is 110 Å². The number of nitro benzene ring substituents is 1. The van der Waals surface area contributed by atoms with E-state index >= 15 is 0 Å². The van der Waals surface area contributed by atoms with Gasteiger partial charge in [0.05, 0.1) is 4.92 Å². The highest BCUT2D eigenvalue weighted by Gasteiger charge is 2.19. The third-order valence-electron chi connectivity index (χ3n) is 3.36. The van der Waals surface area contributed by atoms with Crippen LogP contribution >= 0.6 is 0 Å². The molecule has 0 atom stereocenters. The third-order valence-corrected chi connectivity index (χ3v) is 3.36. The smallest absolute Gasteiger partial charge is 0.282 e. The number of aromatic nitrogens is 2. The van der Waals surface area contributed by atoms with Crippen molar-refractivity contribution in [3.63, 3.8) is 0 Å². The number of rotatable bonds is 5. The van der Waals surface area contributed by atoms with E-state index in [1.165, 1.54) is 18.2 Å². The van der Waals surface area contributed by atoms with Crippen LogP contribution in [0.2, 0.25) is 0 Å². The molecule has 3 rings (SSSR count). The number of carbonyl (C=O) groups excluding carboxylic acids is 1. The van der Waals surface area contributed by atoms with E-state index < -0.39 is 10.8 Å². The van der Waals surface area contributed by atoms with Crippen molar-refractivity contribution in [1.82, 2.24) is 10.2 Å². The van der Waals surface area contributed by atoms with Crippen molar-refractivity contribution in [1.29, 1.82) is 0 Å². The predicted octanol–water partition coefficient (Wildman–Crippen LogP) is 3.67. The van der Waals surface area contributed by atoms with Gasteiger partial charge in [-0.05, 0) is 37.3 Å². The van der Waals surface area contributed by atoms with E-state index in [1.807, 2.05) is 6.92 Å². The number of nitro groups is 1. The molecule has 25 heavy (non-hydrogen) atoms. The van der Waals surface area contributed by atoms with Gasteiger partial charge in [0.15, 0.2) is 0 Å². The van der Waals surface area contributed by atoms with Gasteiger partial charge in [-0.3, -0.25) is 20.0 Å². The predicted molar refractivity (Wildman–Crippen MR) is 90.9 cm³/mol. The number of hydrogen-bond donors (Lipinski definition) is 2. The minimum Gasteiger partial charge on any atom is -0.438 e. The molecule has 0 radical (unpaired) electrons. The molecule has 8 nitrogen and oxygen atoms in total. The van der Waals surface area contributed by atoms with E-state index in [9.17, 15) is 14.9 Å². The summed E-state index contributed by atoms with van der Waals surface area (Å²) in [4.78, 5) is 22.7. The summed E-state index contributed by atoms with van der Waals surface area (Å²) >= 11 is 0. The van der Waals surface area contributed by atoms with Gasteiger partial charge in [0.25, 0.3) is 11.6 Å². The number of carbonyl (C=O) groups is 1. The van der Waals surface area contributed by atoms with Crippen LogP contribution in [0.1, 0.15) is 16.1 Å². The number of anilines is 1. The SMILES string of the molecule is Cc1cc(Oc2ccc(NC(=O)c3ccccc3[N+](=O)[O-])cc2)n[nH]1. The molecular weight excluding hydrogens is 324 g/mol. The van der Waals surface area contributed by atoms with Crippen LogP contribution in [0.3, 0.4) is 0 Å². The van der Waals surface area contributed by atoms with E-state index in [0.717, 1.165) is 5.69 Å². The number of aryl methyl sites for hydroxylation is 1. The number of para-hydroxylation sites is 1. The average Bonchev–Trinajstić information content (AvgIpc) is 3.01. The lowest BCUT2D eigenvalue weighted by Gasteiger charge is -2.07. The van der Waals surface area contributed by atoms with Gasteiger partial charge >= 0.3 is 0 Å². The van der Waals surface area contributed by atoms with E-state index in [2.05, 4.69) is 15.5 Å². The molecule has 2 aromatic carbocycles. The van der Waals surface area contributed by atoms with Crippen LogP contribution in [-0.4, -0.2) is 21.0 Å². The Morgan fingerprint density at radius 1 is 1.20 bits per heavy atom. The summed E-state index contributed by atoms with van der Waals surface area (Å²) in [7, 11) is 0. The Balaban J connectivity index is 1.71. The van der Waals surface area contributed by atoms with Crippen LogP contribution in [0.5, 0.6) is 11.6 Å². The fourth-order valence-electron chi connectivity index (χ4n) is 2.20. The number of H-pyrrole nitrogens is 1. The summed E-state index contributed by atoms with van der Waals surface area (Å²) < 4.78 is 5.55. The van der Waals surface area contributed by atoms with Gasteiger partial charge in [-0.15, -0.1) is 5.10 Å². The van der Waals surface area contributed by atoms with Crippen LogP contribution in [0.15, 0.2) is 54.6 Å². The minimum absolute atomic E-state index is 0.000163. The molecule has 1 heterocycles. The standard InChI is InChI=1S/C17H14N4O4/c1-11-10-16(20-19-11)25-13-8-6-12(7-9-13)18-17(22)14-4-2-3-5-15(14)21(23)24/h2-10H,1H3,(H,18,22)(H,19,20). The first-order valence-corrected chi connectivity index (χ1v) is 7.37. The summed E-state index contributed by atoms with van der Waals surface area (Å²) in [5.74, 6) is 0.438. The summed E-state index contributed by atoms with van der Waals surface area (Å²) in [6.45, 7) is 1.86. The normalized spacial score (nSPS) is 10.3. The Hall–Kier alpha value is -3.68. The van der Waals surface area contributed by atoms with Crippen LogP contribution in [0.4, 0.5) is 11.4 Å². The summed E-state index contributed by atoms with van der Waals surface area (Å²) in [6.07, 6.45) is 0. The fourth-order valence-corrected chi connectivity index (χ4v) is 2.20. The van der Waals surface area contributed by atoms with Gasteiger partial charge in [0, 0.05) is 23.5 Å². The average molecular weight is 338 g/mol. The van der Waals surface area contributed by atoms with Crippen molar-refractivity contribution in [2.45, 2.75) is 6.92 Å². The van der Waals surface area contributed by atoms with E-state index in [-0.39, 0.29) is 11.3 Å². The monoisotopic (exact) mass is 338 g/mol. The van der Waals surface area contributed by atoms with Crippen LogP contribution in [0, 0.1) is 17.0 Å². The molecular formula is C17H14N4O4. The van der Waals surface area contributed by atoms with E-state index in [4.69, 9.17) is 4.74 Å². The summed E-state index contributed by atoms with van der Waals surface area (Å²) in [5, 5.41) is 20.4. The first-order valence-electron chi connectivity index (χ1n) is 7.37. The Bertz CT molecular complexity index is 918. The van der Waals surface area contributed by atoms with Crippen molar-refractivity contribution in [2.24, 2.45) is 0 Å². The molecule has 0 unspecified atom stereocenters. The molecule has 0 bridgehead atoms. The van der Waals surface area contributed by atoms with Crippen LogP contribution in [0.25, 0.3) is 0 Å². The molecule has 8 heteroatoms. The van der Waals surface area contributed by atoms with Gasteiger partial charge in [-0.1, -0.05) is 12.1 Å². The highest BCUT2D eigenvalue weighted by Crippen LogP contribution is 2.23. The first kappa shape index (κ1) is 16.2. The number of nitrogens with one attached hydrogen (secondary N) is 2. The lowest BCUT2D eigenvalue weighted by Crippen LogP contribution is -2.13. The van der Waals surface area contributed by atoms with Crippen molar-refractivity contribution >= 4 is 17.3 Å². The molecule has 126 valence electrons. The number of benzene rings is 2. The molecule has 2 N–H and O–H groups in total. The van der Waals surface area contributed by atoms with Crippen molar-refractivity contribution in [2.75, 3.05) is 5.32 Å². The second-order valence-electron chi connectivity index (χ2n) is 5.24. The lowest BCUT2D eigenvalue weighted by atomic mass is 10.1. The Kier molecular flexibility index (Phi) is 4.42. The summed E-state index contributed by atoms with van der Waals surface area (Å²) in [6, 6.07) is 14.1. The lowest BCUT2D eigenvalue weighted by molar-refractivity contribution is -0.385. The Morgan fingerprint density at radius 3 is 2.56 bits per heavy atom. The van der Waals surface area contributed by atoms with Gasteiger partial charge < -0.3 is 10.1 Å². The zero-order chi connectivity index (χ0) is 17.8.